The largest absolute Gasteiger partial charge is 0.507 e. The number of aliphatic hydroxyl groups excluding tert-OH is 1. The summed E-state index contributed by atoms with van der Waals surface area (Å²) in [5.74, 6) is -0.284. The van der Waals surface area contributed by atoms with Crippen LogP contribution in [-0.4, -0.2) is 29.4 Å². The molecule has 2 aromatic rings. The number of hydrogen-bond donors (Lipinski definition) is 2. The lowest BCUT2D eigenvalue weighted by Gasteiger charge is -2.27. The molecule has 0 bridgehead atoms. The number of carbonyl (C=O) groups excluding carboxylic acids is 1. The lowest BCUT2D eigenvalue weighted by Crippen LogP contribution is -2.17. The molecule has 2 rings (SSSR count). The van der Waals surface area contributed by atoms with E-state index < -0.39 is 11.7 Å². The van der Waals surface area contributed by atoms with Crippen LogP contribution in [-0.2, 0) is 26.8 Å². The number of aliphatic hydroxyl groups is 1. The molecule has 0 saturated carbocycles. The van der Waals surface area contributed by atoms with E-state index in [4.69, 9.17) is 9.47 Å². The zero-order valence-electron chi connectivity index (χ0n) is 21.0. The Morgan fingerprint density at radius 1 is 0.970 bits per heavy atom. The number of esters is 1. The normalized spacial score (nSPS) is 12.5. The Hall–Kier alpha value is -2.95. The third-order valence-electron chi connectivity index (χ3n) is 5.33. The van der Waals surface area contributed by atoms with Gasteiger partial charge in [0.05, 0.1) is 0 Å². The highest BCUT2D eigenvalue weighted by atomic mass is 16.6. The summed E-state index contributed by atoms with van der Waals surface area (Å²) in [6.45, 7) is 14.4. The fraction of sp³-hybridized carbons (Fsp3) is 0.464. The summed E-state index contributed by atoms with van der Waals surface area (Å²) < 4.78 is 10.9. The first kappa shape index (κ1) is 26.3. The van der Waals surface area contributed by atoms with Gasteiger partial charge in [-0.15, -0.1) is 0 Å². The van der Waals surface area contributed by atoms with Crippen molar-refractivity contribution in [2.24, 2.45) is 0 Å². The van der Waals surface area contributed by atoms with Gasteiger partial charge in [0.1, 0.15) is 24.7 Å². The average molecular weight is 455 g/mol. The minimum atomic E-state index is -0.817. The predicted octanol–water partition coefficient (Wildman–Crippen LogP) is 6.46. The molecule has 0 aliphatic rings. The second-order valence-electron chi connectivity index (χ2n) is 10.3. The fourth-order valence-corrected chi connectivity index (χ4v) is 3.58. The van der Waals surface area contributed by atoms with Crippen LogP contribution in [0.3, 0.4) is 0 Å². The maximum atomic E-state index is 12.3. The van der Waals surface area contributed by atoms with Crippen molar-refractivity contribution in [2.75, 3.05) is 13.2 Å². The highest BCUT2D eigenvalue weighted by Gasteiger charge is 2.26. The second kappa shape index (κ2) is 10.8. The van der Waals surface area contributed by atoms with E-state index in [1.165, 1.54) is 6.08 Å². The lowest BCUT2D eigenvalue weighted by atomic mass is 9.78. The van der Waals surface area contributed by atoms with Crippen molar-refractivity contribution < 1.29 is 24.5 Å². The van der Waals surface area contributed by atoms with Gasteiger partial charge in [-0.2, -0.15) is 0 Å². The van der Waals surface area contributed by atoms with Crippen LogP contribution in [0.2, 0.25) is 0 Å². The van der Waals surface area contributed by atoms with Crippen molar-refractivity contribution >= 4 is 12.0 Å². The van der Waals surface area contributed by atoms with Gasteiger partial charge < -0.3 is 19.7 Å². The van der Waals surface area contributed by atoms with Crippen molar-refractivity contribution in [3.8, 4) is 11.5 Å². The van der Waals surface area contributed by atoms with E-state index in [9.17, 15) is 15.0 Å². The van der Waals surface area contributed by atoms with Gasteiger partial charge in [-0.25, -0.2) is 4.79 Å². The van der Waals surface area contributed by atoms with E-state index >= 15 is 0 Å². The number of benzene rings is 2. The molecule has 0 fully saturated rings. The molecule has 0 aromatic heterocycles. The number of hydrogen-bond acceptors (Lipinski definition) is 5. The van der Waals surface area contributed by atoms with Crippen LogP contribution in [0.1, 0.15) is 77.1 Å². The summed E-state index contributed by atoms with van der Waals surface area (Å²) in [4.78, 5) is 12.3. The van der Waals surface area contributed by atoms with Crippen LogP contribution < -0.4 is 4.74 Å². The molecule has 0 radical (unpaired) electrons. The van der Waals surface area contributed by atoms with Crippen molar-refractivity contribution in [1.29, 1.82) is 0 Å². The van der Waals surface area contributed by atoms with E-state index in [2.05, 4.69) is 6.92 Å². The molecule has 0 unspecified atom stereocenters. The maximum absolute atomic E-state index is 12.3. The van der Waals surface area contributed by atoms with Gasteiger partial charge in [0.15, 0.2) is 0 Å². The molecule has 2 N–H and O–H groups in total. The zero-order valence-corrected chi connectivity index (χ0v) is 21.0. The molecule has 5 heteroatoms. The van der Waals surface area contributed by atoms with Gasteiger partial charge >= 0.3 is 5.97 Å². The first-order valence-electron chi connectivity index (χ1n) is 11.5. The molecule has 0 heterocycles. The monoisotopic (exact) mass is 454 g/mol. The van der Waals surface area contributed by atoms with Gasteiger partial charge in [-0.1, -0.05) is 73.1 Å². The zero-order chi connectivity index (χ0) is 24.8. The van der Waals surface area contributed by atoms with E-state index in [1.807, 2.05) is 65.8 Å². The molecular formula is C28H38O5. The molecule has 0 saturated heterocycles. The van der Waals surface area contributed by atoms with Crippen LogP contribution in [0.25, 0.3) is 6.08 Å². The molecular weight excluding hydrogens is 416 g/mol. The van der Waals surface area contributed by atoms with E-state index in [1.54, 1.807) is 12.1 Å². The molecule has 0 atom stereocenters. The number of aryl methyl sites for hydroxylation is 1. The molecule has 33 heavy (non-hydrogen) atoms. The number of para-hydroxylation sites is 1. The molecule has 0 aliphatic heterocycles. The highest BCUT2D eigenvalue weighted by Crippen LogP contribution is 2.40. The first-order chi connectivity index (χ1) is 15.3. The van der Waals surface area contributed by atoms with Crippen LogP contribution in [0.15, 0.2) is 42.2 Å². The number of carbonyl (C=O) groups is 1. The number of rotatable bonds is 8. The average Bonchev–Trinajstić information content (AvgIpc) is 2.71. The van der Waals surface area contributed by atoms with Crippen molar-refractivity contribution in [3.63, 3.8) is 0 Å². The third-order valence-corrected chi connectivity index (χ3v) is 5.33. The van der Waals surface area contributed by atoms with Gasteiger partial charge in [0.2, 0.25) is 5.76 Å². The smallest absolute Gasteiger partial charge is 0.373 e. The maximum Gasteiger partial charge on any atom is 0.373 e. The summed E-state index contributed by atoms with van der Waals surface area (Å²) in [6.07, 6.45) is 3.31. The lowest BCUT2D eigenvalue weighted by molar-refractivity contribution is -0.142. The molecule has 0 spiro atoms. The number of phenolic OH excluding ortho intramolecular Hbond substituents is 1. The van der Waals surface area contributed by atoms with Crippen molar-refractivity contribution in [2.45, 2.75) is 72.1 Å². The van der Waals surface area contributed by atoms with Gasteiger partial charge in [0, 0.05) is 11.1 Å². The Kier molecular flexibility index (Phi) is 8.59. The fourth-order valence-electron chi connectivity index (χ4n) is 3.58. The Balaban J connectivity index is 2.11. The van der Waals surface area contributed by atoms with Crippen LogP contribution in [0.5, 0.6) is 11.5 Å². The summed E-state index contributed by atoms with van der Waals surface area (Å²) >= 11 is 0. The van der Waals surface area contributed by atoms with Gasteiger partial charge in [-0.05, 0) is 52.7 Å². The summed E-state index contributed by atoms with van der Waals surface area (Å²) in [5.41, 5.74) is 2.63. The minimum absolute atomic E-state index is 0.0211. The van der Waals surface area contributed by atoms with Crippen LogP contribution >= 0.6 is 0 Å². The predicted molar refractivity (Wildman–Crippen MR) is 133 cm³/mol. The number of phenols is 1. The van der Waals surface area contributed by atoms with Crippen molar-refractivity contribution in [1.82, 2.24) is 0 Å². The molecule has 0 aliphatic carbocycles. The Labute approximate surface area is 198 Å². The third kappa shape index (κ3) is 7.28. The SMILES string of the molecule is CCCc1ccccc1OCCOC(=O)C(O)=Cc1cc(C(C)(C)C)c(O)c(C(C)(C)C)c1. The Morgan fingerprint density at radius 2 is 1.55 bits per heavy atom. The molecule has 5 nitrogen and oxygen atoms in total. The topological polar surface area (TPSA) is 76.0 Å². The Bertz CT molecular complexity index is 955. The standard InChI is InChI=1S/C28H38O5/c1-8-11-20-12-9-10-13-24(20)32-14-15-33-26(31)23(29)18-19-16-21(27(2,3)4)25(30)22(17-19)28(5,6)7/h9-10,12-13,16-18,29-30H,8,11,14-15H2,1-7H3. The second-order valence-corrected chi connectivity index (χ2v) is 10.3. The summed E-state index contributed by atoms with van der Waals surface area (Å²) in [5, 5.41) is 21.2. The number of aromatic hydroxyl groups is 1. The van der Waals surface area contributed by atoms with Crippen LogP contribution in [0.4, 0.5) is 0 Å². The first-order valence-corrected chi connectivity index (χ1v) is 11.5. The minimum Gasteiger partial charge on any atom is -0.507 e. The molecule has 180 valence electrons. The molecule has 0 amide bonds. The Morgan fingerprint density at radius 3 is 2.09 bits per heavy atom. The van der Waals surface area contributed by atoms with Gasteiger partial charge in [-0.3, -0.25) is 0 Å². The van der Waals surface area contributed by atoms with E-state index in [0.29, 0.717) is 5.56 Å². The van der Waals surface area contributed by atoms with E-state index in [0.717, 1.165) is 35.3 Å². The van der Waals surface area contributed by atoms with Crippen LogP contribution in [0, 0.1) is 0 Å². The van der Waals surface area contributed by atoms with Gasteiger partial charge in [0.25, 0.3) is 0 Å². The molecule has 2 aromatic carbocycles. The van der Waals surface area contributed by atoms with Crippen molar-refractivity contribution in [3.05, 3.63) is 64.4 Å². The quantitative estimate of drug-likeness (QED) is 0.207. The van der Waals surface area contributed by atoms with E-state index in [-0.39, 0.29) is 29.8 Å². The number of ether oxygens (including phenoxy) is 2. The summed E-state index contributed by atoms with van der Waals surface area (Å²) in [6, 6.07) is 11.4. The summed E-state index contributed by atoms with van der Waals surface area (Å²) in [7, 11) is 0. The highest BCUT2D eigenvalue weighted by molar-refractivity contribution is 5.91.